The fraction of sp³-hybridized carbons (Fsp3) is 0.300. The van der Waals surface area contributed by atoms with Crippen LogP contribution in [0.4, 0.5) is 15.8 Å². The van der Waals surface area contributed by atoms with Crippen LogP contribution >= 0.6 is 0 Å². The van der Waals surface area contributed by atoms with Gasteiger partial charge in [-0.05, 0) is 26.0 Å². The molecule has 0 unspecified atom stereocenters. The Kier molecular flexibility index (Phi) is 2.22. The molecule has 1 saturated heterocycles. The van der Waals surface area contributed by atoms with Crippen molar-refractivity contribution >= 4 is 27.3 Å². The highest BCUT2D eigenvalue weighted by molar-refractivity contribution is 7.98. The zero-order chi connectivity index (χ0) is 13.0. The van der Waals surface area contributed by atoms with Gasteiger partial charge in [0.15, 0.2) is 4.75 Å². The summed E-state index contributed by atoms with van der Waals surface area (Å²) in [6, 6.07) is 3.45. The Hall–Kier alpha value is -1.63. The van der Waals surface area contributed by atoms with Crippen LogP contribution in [-0.4, -0.2) is 19.1 Å². The lowest BCUT2D eigenvalue weighted by Crippen LogP contribution is -2.67. The molecule has 1 heterocycles. The van der Waals surface area contributed by atoms with Gasteiger partial charge in [0.05, 0.1) is 11.4 Å². The number of benzene rings is 1. The first-order chi connectivity index (χ1) is 7.69. The van der Waals surface area contributed by atoms with Gasteiger partial charge in [0.25, 0.3) is 15.9 Å². The van der Waals surface area contributed by atoms with Gasteiger partial charge in [-0.25, -0.2) is 17.1 Å². The topological polar surface area (TPSA) is 80.5 Å². The van der Waals surface area contributed by atoms with E-state index in [9.17, 15) is 17.6 Å². The van der Waals surface area contributed by atoms with E-state index in [0.717, 1.165) is 6.07 Å². The fourth-order valence-electron chi connectivity index (χ4n) is 1.55. The van der Waals surface area contributed by atoms with Crippen LogP contribution in [0, 0.1) is 5.82 Å². The molecule has 1 aliphatic rings. The van der Waals surface area contributed by atoms with Crippen molar-refractivity contribution in [3.8, 4) is 0 Å². The average molecular weight is 258 g/mol. The summed E-state index contributed by atoms with van der Waals surface area (Å²) >= 11 is 0. The molecular weight excluding hydrogens is 247 g/mol. The van der Waals surface area contributed by atoms with E-state index in [1.165, 1.54) is 26.0 Å². The Morgan fingerprint density at radius 1 is 1.35 bits per heavy atom. The minimum atomic E-state index is -3.76. The van der Waals surface area contributed by atoms with Crippen LogP contribution in [0.25, 0.3) is 0 Å². The molecule has 1 aromatic rings. The number of nitrogen functional groups attached to an aromatic ring is 1. The number of carbonyl (C=O) groups excluding carboxylic acids is 1. The van der Waals surface area contributed by atoms with Crippen LogP contribution in [0.1, 0.15) is 13.8 Å². The van der Waals surface area contributed by atoms with Crippen molar-refractivity contribution in [2.75, 3.05) is 10.0 Å². The molecule has 7 heteroatoms. The van der Waals surface area contributed by atoms with Crippen molar-refractivity contribution in [1.29, 1.82) is 0 Å². The Labute approximate surface area is 98.1 Å². The number of amides is 1. The molecular formula is C10H11FN2O3S. The molecule has 5 nitrogen and oxygen atoms in total. The maximum absolute atomic E-state index is 13.2. The lowest BCUT2D eigenvalue weighted by atomic mass is 10.1. The van der Waals surface area contributed by atoms with Crippen LogP contribution < -0.4 is 10.0 Å². The summed E-state index contributed by atoms with van der Waals surface area (Å²) in [6.07, 6.45) is 0. The maximum atomic E-state index is 13.2. The predicted molar refractivity (Wildman–Crippen MR) is 61.3 cm³/mol. The second-order valence-corrected chi connectivity index (χ2v) is 6.63. The third-order valence-corrected chi connectivity index (χ3v) is 5.13. The summed E-state index contributed by atoms with van der Waals surface area (Å²) in [5.74, 6) is -1.34. The first-order valence-corrected chi connectivity index (χ1v) is 6.28. The van der Waals surface area contributed by atoms with Gasteiger partial charge < -0.3 is 5.73 Å². The largest absolute Gasteiger partial charge is 0.396 e. The molecule has 1 aromatic carbocycles. The van der Waals surface area contributed by atoms with Gasteiger partial charge in [0, 0.05) is 6.07 Å². The second-order valence-electron chi connectivity index (χ2n) is 4.29. The highest BCUT2D eigenvalue weighted by atomic mass is 32.2. The predicted octanol–water partition coefficient (Wildman–Crippen LogP) is 0.863. The van der Waals surface area contributed by atoms with Crippen LogP contribution in [0.2, 0.25) is 0 Å². The van der Waals surface area contributed by atoms with Crippen LogP contribution in [0.15, 0.2) is 18.2 Å². The molecule has 0 saturated carbocycles. The minimum Gasteiger partial charge on any atom is -0.396 e. The number of anilines is 2. The second kappa shape index (κ2) is 3.19. The number of halogens is 1. The third-order valence-electron chi connectivity index (χ3n) is 2.80. The van der Waals surface area contributed by atoms with Gasteiger partial charge in [0.2, 0.25) is 0 Å². The summed E-state index contributed by atoms with van der Waals surface area (Å²) < 4.78 is 36.0. The van der Waals surface area contributed by atoms with E-state index in [1.807, 2.05) is 0 Å². The molecule has 1 aliphatic heterocycles. The molecule has 2 rings (SSSR count). The molecule has 0 aliphatic carbocycles. The fourth-order valence-corrected chi connectivity index (χ4v) is 3.03. The van der Waals surface area contributed by atoms with Crippen molar-refractivity contribution in [3.05, 3.63) is 24.0 Å². The highest BCUT2D eigenvalue weighted by Crippen LogP contribution is 2.39. The van der Waals surface area contributed by atoms with Gasteiger partial charge in [-0.2, -0.15) is 0 Å². The van der Waals surface area contributed by atoms with Gasteiger partial charge in [-0.1, -0.05) is 0 Å². The Morgan fingerprint density at radius 2 is 1.94 bits per heavy atom. The van der Waals surface area contributed by atoms with Gasteiger partial charge in [0.1, 0.15) is 5.82 Å². The number of sulfonamides is 1. The van der Waals surface area contributed by atoms with Crippen molar-refractivity contribution in [1.82, 2.24) is 0 Å². The van der Waals surface area contributed by atoms with Crippen LogP contribution in [0.5, 0.6) is 0 Å². The van der Waals surface area contributed by atoms with Crippen LogP contribution in [0.3, 0.4) is 0 Å². The smallest absolute Gasteiger partial charge is 0.263 e. The van der Waals surface area contributed by atoms with E-state index in [4.69, 9.17) is 5.73 Å². The highest BCUT2D eigenvalue weighted by Gasteiger charge is 2.60. The molecule has 2 N–H and O–H groups in total. The average Bonchev–Trinajstić information content (AvgIpc) is 2.23. The van der Waals surface area contributed by atoms with E-state index in [2.05, 4.69) is 0 Å². The number of carbonyl (C=O) groups is 1. The van der Waals surface area contributed by atoms with E-state index < -0.39 is 26.5 Å². The van der Waals surface area contributed by atoms with Crippen LogP contribution in [-0.2, 0) is 14.8 Å². The number of hydrogen-bond donors (Lipinski definition) is 1. The molecule has 0 spiro atoms. The van der Waals surface area contributed by atoms with Gasteiger partial charge >= 0.3 is 0 Å². The SMILES string of the molecule is CC1(C)C(=O)N(c2ccc(N)c(F)c2)S1(=O)=O. The van der Waals surface area contributed by atoms with Crippen molar-refractivity contribution < 1.29 is 17.6 Å². The summed E-state index contributed by atoms with van der Waals surface area (Å²) in [5, 5.41) is 0. The standard InChI is InChI=1S/C10H11FN2O3S/c1-10(2)9(14)13(17(10,15)16)6-3-4-8(12)7(11)5-6/h3-5H,12H2,1-2H3. The minimum absolute atomic E-state index is 0.0268. The lowest BCUT2D eigenvalue weighted by Gasteiger charge is -2.42. The van der Waals surface area contributed by atoms with E-state index in [-0.39, 0.29) is 11.4 Å². The lowest BCUT2D eigenvalue weighted by molar-refractivity contribution is -0.120. The summed E-state index contributed by atoms with van der Waals surface area (Å²) in [4.78, 5) is 11.7. The van der Waals surface area contributed by atoms with Crippen molar-refractivity contribution in [2.24, 2.45) is 0 Å². The quantitative estimate of drug-likeness (QED) is 0.758. The van der Waals surface area contributed by atoms with E-state index in [1.54, 1.807) is 0 Å². The van der Waals surface area contributed by atoms with E-state index >= 15 is 0 Å². The Balaban J connectivity index is 2.51. The molecule has 0 bridgehead atoms. The number of hydrogen-bond acceptors (Lipinski definition) is 4. The third kappa shape index (κ3) is 1.35. The molecule has 1 fully saturated rings. The Morgan fingerprint density at radius 3 is 2.41 bits per heavy atom. The molecule has 0 aromatic heterocycles. The number of nitrogens with two attached hydrogens (primary N) is 1. The molecule has 92 valence electrons. The first kappa shape index (κ1) is 11.8. The summed E-state index contributed by atoms with van der Waals surface area (Å²) in [5.41, 5.74) is 5.15. The van der Waals surface area contributed by atoms with Gasteiger partial charge in [-0.15, -0.1) is 0 Å². The zero-order valence-electron chi connectivity index (χ0n) is 9.27. The van der Waals surface area contributed by atoms with Gasteiger partial charge in [-0.3, -0.25) is 4.79 Å². The monoisotopic (exact) mass is 258 g/mol. The van der Waals surface area contributed by atoms with E-state index in [0.29, 0.717) is 4.31 Å². The normalized spacial score (nSPS) is 21.1. The first-order valence-electron chi connectivity index (χ1n) is 4.84. The molecule has 1 amide bonds. The summed E-state index contributed by atoms with van der Waals surface area (Å²) in [7, 11) is -3.76. The number of rotatable bonds is 1. The zero-order valence-corrected chi connectivity index (χ0v) is 10.1. The number of nitrogens with zero attached hydrogens (tertiary/aromatic N) is 1. The van der Waals surface area contributed by atoms with Crippen molar-refractivity contribution in [2.45, 2.75) is 18.6 Å². The Bertz CT molecular complexity index is 610. The maximum Gasteiger partial charge on any atom is 0.263 e. The molecule has 0 atom stereocenters. The van der Waals surface area contributed by atoms with Crippen molar-refractivity contribution in [3.63, 3.8) is 0 Å². The summed E-state index contributed by atoms with van der Waals surface area (Å²) in [6.45, 7) is 2.63. The molecule has 17 heavy (non-hydrogen) atoms. The molecule has 0 radical (unpaired) electrons.